The van der Waals surface area contributed by atoms with Crippen LogP contribution in [0.4, 0.5) is 5.82 Å². The molecular weight excluding hydrogens is 272 g/mol. The van der Waals surface area contributed by atoms with Crippen molar-refractivity contribution in [1.82, 2.24) is 4.98 Å². The molecule has 1 rings (SSSR count). The van der Waals surface area contributed by atoms with E-state index in [1.165, 1.54) is 0 Å². The highest BCUT2D eigenvalue weighted by Crippen LogP contribution is 2.12. The quantitative estimate of drug-likeness (QED) is 0.609. The zero-order valence-electron chi connectivity index (χ0n) is 12.7. The number of carboxylic acids is 1. The molecule has 0 aliphatic heterocycles. The number of aryl methyl sites for hydroxylation is 1. The lowest BCUT2D eigenvalue weighted by molar-refractivity contribution is 0.0696. The molecular formula is C15H24N2O4. The minimum absolute atomic E-state index is 0.271. The van der Waals surface area contributed by atoms with Gasteiger partial charge in [0.25, 0.3) is 0 Å². The van der Waals surface area contributed by atoms with Gasteiger partial charge in [0.15, 0.2) is 0 Å². The third-order valence-electron chi connectivity index (χ3n) is 2.83. The molecule has 1 aromatic rings. The monoisotopic (exact) mass is 296 g/mol. The molecule has 0 unspecified atom stereocenters. The van der Waals surface area contributed by atoms with Gasteiger partial charge in [-0.15, -0.1) is 0 Å². The van der Waals surface area contributed by atoms with Gasteiger partial charge in [0.1, 0.15) is 5.82 Å². The van der Waals surface area contributed by atoms with E-state index in [2.05, 4.69) is 10.3 Å². The number of aromatic carboxylic acids is 1. The van der Waals surface area contributed by atoms with Gasteiger partial charge in [-0.25, -0.2) is 9.78 Å². The Morgan fingerprint density at radius 3 is 2.81 bits per heavy atom. The highest BCUT2D eigenvalue weighted by atomic mass is 16.5. The molecule has 0 saturated heterocycles. The second-order valence-corrected chi connectivity index (χ2v) is 4.67. The minimum Gasteiger partial charge on any atom is -0.478 e. The molecule has 0 amide bonds. The van der Waals surface area contributed by atoms with Gasteiger partial charge >= 0.3 is 5.97 Å². The Balaban J connectivity index is 2.44. The third kappa shape index (κ3) is 7.06. The van der Waals surface area contributed by atoms with Crippen molar-refractivity contribution >= 4 is 11.8 Å². The number of nitrogens with zero attached hydrogens (tertiary/aromatic N) is 1. The lowest BCUT2D eigenvalue weighted by Crippen LogP contribution is -2.10. The van der Waals surface area contributed by atoms with Crippen molar-refractivity contribution in [2.75, 3.05) is 38.8 Å². The van der Waals surface area contributed by atoms with Crippen molar-refractivity contribution in [3.63, 3.8) is 0 Å². The number of ether oxygens (including phenoxy) is 2. The number of aromatic nitrogens is 1. The Labute approximate surface area is 125 Å². The summed E-state index contributed by atoms with van der Waals surface area (Å²) in [6, 6.07) is 3.19. The second-order valence-electron chi connectivity index (χ2n) is 4.67. The van der Waals surface area contributed by atoms with Crippen molar-refractivity contribution in [1.29, 1.82) is 0 Å². The summed E-state index contributed by atoms with van der Waals surface area (Å²) in [7, 11) is 1.64. The fourth-order valence-corrected chi connectivity index (χ4v) is 1.82. The van der Waals surface area contributed by atoms with Crippen LogP contribution in [0.5, 0.6) is 0 Å². The summed E-state index contributed by atoms with van der Waals surface area (Å²) in [5.74, 6) is -0.323. The number of rotatable bonds is 11. The van der Waals surface area contributed by atoms with E-state index in [1.807, 2.05) is 6.92 Å². The van der Waals surface area contributed by atoms with Gasteiger partial charge in [0, 0.05) is 26.0 Å². The molecule has 0 bridgehead atoms. The highest BCUT2D eigenvalue weighted by molar-refractivity contribution is 5.88. The summed E-state index contributed by atoms with van der Waals surface area (Å²) in [6.07, 6.45) is 2.53. The van der Waals surface area contributed by atoms with Gasteiger partial charge in [-0.3, -0.25) is 0 Å². The summed E-state index contributed by atoms with van der Waals surface area (Å²) in [5.41, 5.74) is 1.07. The topological polar surface area (TPSA) is 80.7 Å². The fourth-order valence-electron chi connectivity index (χ4n) is 1.82. The zero-order chi connectivity index (χ0) is 15.5. The van der Waals surface area contributed by atoms with E-state index in [0.29, 0.717) is 32.2 Å². The van der Waals surface area contributed by atoms with Crippen LogP contribution < -0.4 is 5.32 Å². The predicted octanol–water partition coefficient (Wildman–Crippen LogP) is 2.20. The van der Waals surface area contributed by atoms with Gasteiger partial charge in [0.2, 0.25) is 0 Å². The Bertz CT molecular complexity index is 438. The lowest BCUT2D eigenvalue weighted by Gasteiger charge is -2.09. The zero-order valence-corrected chi connectivity index (χ0v) is 12.7. The summed E-state index contributed by atoms with van der Waals surface area (Å²) >= 11 is 0. The van der Waals surface area contributed by atoms with E-state index < -0.39 is 5.97 Å². The van der Waals surface area contributed by atoms with Crippen LogP contribution in [-0.2, 0) is 15.9 Å². The normalized spacial score (nSPS) is 10.6. The first kappa shape index (κ1) is 17.4. The second kappa shape index (κ2) is 10.1. The molecule has 6 heteroatoms. The number of carboxylic acid groups (broad SMARTS) is 1. The van der Waals surface area contributed by atoms with E-state index in [-0.39, 0.29) is 5.56 Å². The Morgan fingerprint density at radius 2 is 2.14 bits per heavy atom. The molecule has 1 aromatic heterocycles. The number of nitrogens with one attached hydrogen (secondary N) is 1. The number of carbonyl (C=O) groups is 1. The highest BCUT2D eigenvalue weighted by Gasteiger charge is 2.08. The molecule has 118 valence electrons. The van der Waals surface area contributed by atoms with Crippen LogP contribution in [0.3, 0.4) is 0 Å². The Kier molecular flexibility index (Phi) is 8.38. The number of hydrogen-bond donors (Lipinski definition) is 2. The maximum atomic E-state index is 11.1. The van der Waals surface area contributed by atoms with E-state index in [9.17, 15) is 4.79 Å². The summed E-state index contributed by atoms with van der Waals surface area (Å²) in [5, 5.41) is 12.3. The average Bonchev–Trinajstić information content (AvgIpc) is 2.46. The van der Waals surface area contributed by atoms with Crippen LogP contribution in [0.2, 0.25) is 0 Å². The smallest absolute Gasteiger partial charge is 0.335 e. The molecule has 0 fully saturated rings. The van der Waals surface area contributed by atoms with E-state index in [1.54, 1.807) is 19.2 Å². The van der Waals surface area contributed by atoms with Gasteiger partial charge in [-0.2, -0.15) is 0 Å². The van der Waals surface area contributed by atoms with Crippen molar-refractivity contribution in [2.24, 2.45) is 0 Å². The standard InChI is InChI=1S/C15H24N2O4/c1-3-5-13-10-12(15(18)19)11-14(17-13)16-6-4-7-21-9-8-20-2/h10-11H,3-9H2,1-2H3,(H,16,17)(H,18,19). The van der Waals surface area contributed by atoms with Crippen molar-refractivity contribution in [3.8, 4) is 0 Å². The maximum absolute atomic E-state index is 11.1. The first-order chi connectivity index (χ1) is 10.2. The minimum atomic E-state index is -0.930. The molecule has 0 radical (unpaired) electrons. The molecule has 1 heterocycles. The molecule has 0 aliphatic carbocycles. The molecule has 6 nitrogen and oxygen atoms in total. The number of hydrogen-bond acceptors (Lipinski definition) is 5. The fraction of sp³-hybridized carbons (Fsp3) is 0.600. The molecule has 21 heavy (non-hydrogen) atoms. The largest absolute Gasteiger partial charge is 0.478 e. The van der Waals surface area contributed by atoms with Crippen molar-refractivity contribution in [2.45, 2.75) is 26.2 Å². The van der Waals surface area contributed by atoms with Crippen LogP contribution in [0.25, 0.3) is 0 Å². The van der Waals surface area contributed by atoms with Crippen LogP contribution in [-0.4, -0.2) is 49.5 Å². The van der Waals surface area contributed by atoms with Crippen molar-refractivity contribution < 1.29 is 19.4 Å². The van der Waals surface area contributed by atoms with Gasteiger partial charge < -0.3 is 19.9 Å². The van der Waals surface area contributed by atoms with Crippen LogP contribution in [0.15, 0.2) is 12.1 Å². The Hall–Kier alpha value is -1.66. The molecule has 0 atom stereocenters. The summed E-state index contributed by atoms with van der Waals surface area (Å²) < 4.78 is 10.2. The van der Waals surface area contributed by atoms with E-state index in [0.717, 1.165) is 25.0 Å². The number of pyridine rings is 1. The molecule has 0 aliphatic rings. The van der Waals surface area contributed by atoms with Crippen LogP contribution >= 0.6 is 0 Å². The SMILES string of the molecule is CCCc1cc(C(=O)O)cc(NCCCOCCOC)n1. The number of anilines is 1. The maximum Gasteiger partial charge on any atom is 0.335 e. The number of methoxy groups -OCH3 is 1. The van der Waals surface area contributed by atoms with Crippen LogP contribution in [0, 0.1) is 0 Å². The van der Waals surface area contributed by atoms with Crippen LogP contribution in [0.1, 0.15) is 35.8 Å². The van der Waals surface area contributed by atoms with Gasteiger partial charge in [-0.05, 0) is 25.0 Å². The molecule has 0 saturated carbocycles. The summed E-state index contributed by atoms with van der Waals surface area (Å²) in [4.78, 5) is 15.5. The van der Waals surface area contributed by atoms with Crippen molar-refractivity contribution in [3.05, 3.63) is 23.4 Å². The van der Waals surface area contributed by atoms with Gasteiger partial charge in [-0.1, -0.05) is 13.3 Å². The molecule has 0 aromatic carbocycles. The molecule has 0 spiro atoms. The third-order valence-corrected chi connectivity index (χ3v) is 2.83. The summed E-state index contributed by atoms with van der Waals surface area (Å²) in [6.45, 7) is 4.55. The first-order valence-electron chi connectivity index (χ1n) is 7.22. The van der Waals surface area contributed by atoms with E-state index >= 15 is 0 Å². The van der Waals surface area contributed by atoms with Gasteiger partial charge in [0.05, 0.1) is 18.8 Å². The Morgan fingerprint density at radius 1 is 1.33 bits per heavy atom. The lowest BCUT2D eigenvalue weighted by atomic mass is 10.1. The first-order valence-corrected chi connectivity index (χ1v) is 7.22. The molecule has 2 N–H and O–H groups in total. The predicted molar refractivity (Wildman–Crippen MR) is 81.0 cm³/mol. The average molecular weight is 296 g/mol. The van der Waals surface area contributed by atoms with E-state index in [4.69, 9.17) is 14.6 Å².